The summed E-state index contributed by atoms with van der Waals surface area (Å²) in [6, 6.07) is 4.15. The molecule has 0 fully saturated rings. The van der Waals surface area contributed by atoms with E-state index in [1.54, 1.807) is 0 Å². The Morgan fingerprint density at radius 2 is 1.28 bits per heavy atom. The predicted octanol–water partition coefficient (Wildman–Crippen LogP) is 2.19. The van der Waals surface area contributed by atoms with Gasteiger partial charge in [0.25, 0.3) is 20.2 Å². The molecule has 0 radical (unpaired) electrons. The smallest absolute Gasteiger partial charge is 0.298 e. The van der Waals surface area contributed by atoms with Crippen molar-refractivity contribution in [1.82, 2.24) is 0 Å². The Hall–Kier alpha value is -3.02. The van der Waals surface area contributed by atoms with Gasteiger partial charge in [0.05, 0.1) is 5.69 Å². The first kappa shape index (κ1) is 27.5. The highest BCUT2D eigenvalue weighted by Gasteiger charge is 2.34. The minimum Gasteiger partial charge on any atom is -0.450 e. The monoisotopic (exact) mass is 615 g/mol. The Kier molecular flexibility index (Phi) is 6.76. The van der Waals surface area contributed by atoms with Gasteiger partial charge < -0.3 is 26.7 Å². The zero-order valence-electron chi connectivity index (χ0n) is 19.6. The van der Waals surface area contributed by atoms with Crippen molar-refractivity contribution in [2.45, 2.75) is 22.6 Å². The van der Waals surface area contributed by atoms with E-state index >= 15 is 0 Å². The van der Waals surface area contributed by atoms with Crippen LogP contribution in [0.15, 0.2) is 38.0 Å². The summed E-state index contributed by atoms with van der Waals surface area (Å²) in [4.78, 5) is 7.60. The van der Waals surface area contributed by atoms with Crippen molar-refractivity contribution in [3.05, 3.63) is 50.1 Å². The van der Waals surface area contributed by atoms with Gasteiger partial charge in [-0.3, -0.25) is 9.11 Å². The molecule has 0 amide bonds. The molecule has 8 N–H and O–H groups in total. The maximum absolute atomic E-state index is 12.3. The lowest BCUT2D eigenvalue weighted by molar-refractivity contribution is 0.426. The van der Waals surface area contributed by atoms with Crippen LogP contribution in [0, 0.1) is 0 Å². The van der Waals surface area contributed by atoms with Crippen molar-refractivity contribution in [2.24, 2.45) is 21.5 Å². The first-order chi connectivity index (χ1) is 18.3. The second-order valence-corrected chi connectivity index (χ2v) is 11.9. The van der Waals surface area contributed by atoms with E-state index in [4.69, 9.17) is 49.9 Å². The molecule has 17 heteroatoms. The van der Waals surface area contributed by atoms with Crippen molar-refractivity contribution in [3.63, 3.8) is 0 Å². The minimum absolute atomic E-state index is 0.00457. The second kappa shape index (κ2) is 9.57. The third-order valence-electron chi connectivity index (χ3n) is 5.94. The number of hydrogen-bond donors (Lipinski definition) is 5. The SMILES string of the molecule is NCCc1ccc2c(c1S(=O)(=O)O)Oc1c(Cl)c3c(c(Cl)c1=N2)Oc1c(c(N)cc(CCN)c1S(=O)(=O)O)N=3. The van der Waals surface area contributed by atoms with Gasteiger partial charge in [-0.05, 0) is 49.2 Å². The van der Waals surface area contributed by atoms with Crippen molar-refractivity contribution < 1.29 is 35.4 Å². The largest absolute Gasteiger partial charge is 0.450 e. The van der Waals surface area contributed by atoms with Crippen molar-refractivity contribution in [1.29, 1.82) is 0 Å². The van der Waals surface area contributed by atoms with E-state index in [1.165, 1.54) is 18.2 Å². The summed E-state index contributed by atoms with van der Waals surface area (Å²) in [5.74, 6) is -1.10. The van der Waals surface area contributed by atoms with Crippen LogP contribution < -0.4 is 37.4 Å². The number of hydrogen-bond acceptors (Lipinski definition) is 11. The zero-order valence-corrected chi connectivity index (χ0v) is 22.7. The van der Waals surface area contributed by atoms with E-state index in [-0.39, 0.29) is 97.9 Å². The highest BCUT2D eigenvalue weighted by Crippen LogP contribution is 2.49. The van der Waals surface area contributed by atoms with Crippen LogP contribution in [0.5, 0.6) is 23.0 Å². The van der Waals surface area contributed by atoms with Gasteiger partial charge in [-0.15, -0.1) is 0 Å². The van der Waals surface area contributed by atoms with Crippen LogP contribution in [0.1, 0.15) is 11.1 Å². The van der Waals surface area contributed by atoms with Gasteiger partial charge in [0.1, 0.15) is 41.9 Å². The average Bonchev–Trinajstić information content (AvgIpc) is 2.84. The maximum atomic E-state index is 12.3. The first-order valence-corrected chi connectivity index (χ1v) is 14.7. The molecule has 0 saturated carbocycles. The van der Waals surface area contributed by atoms with Crippen LogP contribution in [0.2, 0.25) is 10.0 Å². The molecule has 3 aromatic rings. The van der Waals surface area contributed by atoms with Gasteiger partial charge in [0.2, 0.25) is 0 Å². The highest BCUT2D eigenvalue weighted by molar-refractivity contribution is 7.86. The zero-order chi connectivity index (χ0) is 28.4. The molecule has 206 valence electrons. The number of nitrogen functional groups attached to an aromatic ring is 1. The molecule has 0 unspecified atom stereocenters. The molecule has 0 aromatic heterocycles. The van der Waals surface area contributed by atoms with Gasteiger partial charge in [0, 0.05) is 0 Å². The molecule has 0 aliphatic carbocycles. The van der Waals surface area contributed by atoms with Crippen LogP contribution in [0.25, 0.3) is 0 Å². The molecular formula is C22H19Cl2N5O8S2. The number of anilines is 1. The number of benzene rings is 3. The average molecular weight is 616 g/mol. The second-order valence-electron chi connectivity index (χ2n) is 8.47. The fraction of sp³-hybridized carbons (Fsp3) is 0.182. The topological polar surface area (TPSA) is 230 Å². The minimum atomic E-state index is -4.83. The van der Waals surface area contributed by atoms with Crippen LogP contribution in [0.4, 0.5) is 17.1 Å². The third-order valence-corrected chi connectivity index (χ3v) is 8.57. The Labute approximate surface area is 231 Å². The molecule has 13 nitrogen and oxygen atoms in total. The molecule has 0 spiro atoms. The maximum Gasteiger partial charge on any atom is 0.298 e. The lowest BCUT2D eigenvalue weighted by Crippen LogP contribution is -2.24. The van der Waals surface area contributed by atoms with Gasteiger partial charge >= 0.3 is 0 Å². The summed E-state index contributed by atoms with van der Waals surface area (Å²) in [6.07, 6.45) is 0.155. The molecule has 0 saturated heterocycles. The van der Waals surface area contributed by atoms with E-state index in [0.29, 0.717) is 0 Å². The third kappa shape index (κ3) is 4.50. The Balaban J connectivity index is 1.82. The van der Waals surface area contributed by atoms with E-state index in [0.717, 1.165) is 0 Å². The Morgan fingerprint density at radius 1 is 0.769 bits per heavy atom. The van der Waals surface area contributed by atoms with E-state index < -0.39 is 30.0 Å². The number of rotatable bonds is 6. The van der Waals surface area contributed by atoms with E-state index in [9.17, 15) is 25.9 Å². The number of nitrogens with two attached hydrogens (primary N) is 3. The first-order valence-electron chi connectivity index (χ1n) is 11.1. The summed E-state index contributed by atoms with van der Waals surface area (Å²) < 4.78 is 80.8. The molecule has 5 rings (SSSR count). The van der Waals surface area contributed by atoms with Gasteiger partial charge in [-0.25, -0.2) is 9.98 Å². The molecule has 39 heavy (non-hydrogen) atoms. The predicted molar refractivity (Wildman–Crippen MR) is 141 cm³/mol. The van der Waals surface area contributed by atoms with Crippen LogP contribution in [-0.2, 0) is 33.1 Å². The van der Waals surface area contributed by atoms with Gasteiger partial charge in [0.15, 0.2) is 23.0 Å². The molecule has 2 aliphatic heterocycles. The van der Waals surface area contributed by atoms with Gasteiger partial charge in [-0.1, -0.05) is 29.3 Å². The molecule has 0 bridgehead atoms. The number of ether oxygens (including phenoxy) is 2. The fourth-order valence-corrected chi connectivity index (χ4v) is 6.66. The normalized spacial score (nSPS) is 13.6. The molecule has 0 atom stereocenters. The molecule has 2 heterocycles. The summed E-state index contributed by atoms with van der Waals surface area (Å²) in [6.45, 7) is 0.132. The molecule has 3 aromatic carbocycles. The van der Waals surface area contributed by atoms with Crippen LogP contribution in [-0.4, -0.2) is 39.0 Å². The summed E-state index contributed by atoms with van der Waals surface area (Å²) in [5, 5.41) is -0.654. The number of fused-ring (bicyclic) bond motifs is 4. The van der Waals surface area contributed by atoms with Crippen molar-refractivity contribution >= 4 is 60.5 Å². The number of nitrogens with zero attached hydrogens (tertiary/aromatic N) is 2. The Bertz CT molecular complexity index is 1930. The molecular weight excluding hydrogens is 597 g/mol. The number of halogens is 2. The fourth-order valence-electron chi connectivity index (χ4n) is 4.40. The lowest BCUT2D eigenvalue weighted by Gasteiger charge is -2.24. The summed E-state index contributed by atoms with van der Waals surface area (Å²) in [5.41, 5.74) is 17.4. The van der Waals surface area contributed by atoms with Crippen LogP contribution in [0.3, 0.4) is 0 Å². The van der Waals surface area contributed by atoms with Crippen LogP contribution >= 0.6 is 23.2 Å². The standard InChI is InChI=1S/C22H19Cl2N5O8S2/c23-12-15-18(36-17-11(28-15)2-1-8(3-5-25)21(17)38(30,31)32)13(24)16-19(12)37-20-14(29-16)10(27)7-9(4-6-26)22(20)39(33,34)35/h1-2,7H,3-6,25-27H2,(H,30,31,32)(H,33,34,35). The summed E-state index contributed by atoms with van der Waals surface area (Å²) in [7, 11) is -9.62. The van der Waals surface area contributed by atoms with Gasteiger partial charge in [-0.2, -0.15) is 16.8 Å². The van der Waals surface area contributed by atoms with E-state index in [1.807, 2.05) is 0 Å². The Morgan fingerprint density at radius 3 is 1.85 bits per heavy atom. The lowest BCUT2D eigenvalue weighted by atomic mass is 10.1. The van der Waals surface area contributed by atoms with E-state index in [2.05, 4.69) is 9.98 Å². The molecule has 2 aliphatic rings. The quantitative estimate of drug-likeness (QED) is 0.137. The van der Waals surface area contributed by atoms with Crippen molar-refractivity contribution in [3.8, 4) is 23.0 Å². The summed E-state index contributed by atoms with van der Waals surface area (Å²) >= 11 is 13.2. The highest BCUT2D eigenvalue weighted by atomic mass is 35.5. The van der Waals surface area contributed by atoms with Crippen molar-refractivity contribution in [2.75, 3.05) is 18.8 Å².